The van der Waals surface area contributed by atoms with E-state index in [4.69, 9.17) is 4.52 Å². The summed E-state index contributed by atoms with van der Waals surface area (Å²) in [4.78, 5) is 30.9. The third kappa shape index (κ3) is 8.27. The summed E-state index contributed by atoms with van der Waals surface area (Å²) < 4.78 is 5.36. The molecule has 0 unspecified atom stereocenters. The van der Waals surface area contributed by atoms with E-state index in [0.717, 1.165) is 55.0 Å². The Morgan fingerprint density at radius 2 is 1.63 bits per heavy atom. The van der Waals surface area contributed by atoms with E-state index in [1.165, 1.54) is 0 Å². The Morgan fingerprint density at radius 1 is 0.927 bits per heavy atom. The highest BCUT2D eigenvalue weighted by Crippen LogP contribution is 2.29. The quantitative estimate of drug-likeness (QED) is 0.385. The number of hydrogen-bond acceptors (Lipinski definition) is 6. The number of aryl methyl sites for hydroxylation is 1. The summed E-state index contributed by atoms with van der Waals surface area (Å²) >= 11 is 0. The van der Waals surface area contributed by atoms with Crippen LogP contribution in [0.4, 0.5) is 5.69 Å². The molecule has 1 fully saturated rings. The van der Waals surface area contributed by atoms with Crippen LogP contribution in [-0.4, -0.2) is 66.5 Å². The number of anilines is 1. The van der Waals surface area contributed by atoms with Crippen LogP contribution in [0.2, 0.25) is 0 Å². The number of aromatic nitrogens is 1. The zero-order chi connectivity index (χ0) is 29.9. The topological polar surface area (TPSA) is 90.7 Å². The molecule has 0 bridgehead atoms. The van der Waals surface area contributed by atoms with Gasteiger partial charge in [0.05, 0.1) is 0 Å². The van der Waals surface area contributed by atoms with Gasteiger partial charge in [0.25, 0.3) is 11.8 Å². The standard InChI is InChI=1S/C33H45N5O3/c1-22-9-10-26(18-27(22)28-19-29(41-36-28)31(40)34-21-32(2,3)4)35-30(39)24-15-23(16-25(17-24)33(5,6)7)20-38-13-11-37(8)12-14-38/h9-10,15-19H,11-14,20-21H2,1-8H3,(H,34,40)(H,35,39). The molecule has 0 saturated carbocycles. The first kappa shape index (κ1) is 30.5. The van der Waals surface area contributed by atoms with E-state index in [2.05, 4.69) is 80.2 Å². The van der Waals surface area contributed by atoms with Crippen LogP contribution in [0.25, 0.3) is 11.3 Å². The van der Waals surface area contributed by atoms with E-state index in [-0.39, 0.29) is 28.4 Å². The highest BCUT2D eigenvalue weighted by molar-refractivity contribution is 6.05. The van der Waals surface area contributed by atoms with Gasteiger partial charge < -0.3 is 20.1 Å². The Hall–Kier alpha value is -3.49. The van der Waals surface area contributed by atoms with Gasteiger partial charge in [-0.3, -0.25) is 14.5 Å². The van der Waals surface area contributed by atoms with Gasteiger partial charge in [-0.15, -0.1) is 0 Å². The number of hydrogen-bond donors (Lipinski definition) is 2. The monoisotopic (exact) mass is 559 g/mol. The van der Waals surface area contributed by atoms with Crippen molar-refractivity contribution in [3.63, 3.8) is 0 Å². The van der Waals surface area contributed by atoms with E-state index in [1.54, 1.807) is 6.07 Å². The van der Waals surface area contributed by atoms with Crippen molar-refractivity contribution < 1.29 is 14.1 Å². The van der Waals surface area contributed by atoms with Gasteiger partial charge in [0.1, 0.15) is 5.69 Å². The lowest BCUT2D eigenvalue weighted by Gasteiger charge is -2.32. The Balaban J connectivity index is 1.53. The summed E-state index contributed by atoms with van der Waals surface area (Å²) in [6.07, 6.45) is 0. The zero-order valence-corrected chi connectivity index (χ0v) is 25.9. The maximum atomic E-state index is 13.5. The molecule has 8 heteroatoms. The zero-order valence-electron chi connectivity index (χ0n) is 25.9. The smallest absolute Gasteiger partial charge is 0.289 e. The van der Waals surface area contributed by atoms with Crippen molar-refractivity contribution in [2.45, 2.75) is 60.4 Å². The number of piperazine rings is 1. The first-order valence-electron chi connectivity index (χ1n) is 14.4. The first-order chi connectivity index (χ1) is 19.2. The minimum Gasteiger partial charge on any atom is -0.350 e. The van der Waals surface area contributed by atoms with E-state index < -0.39 is 0 Å². The highest BCUT2D eigenvalue weighted by Gasteiger charge is 2.21. The fourth-order valence-electron chi connectivity index (χ4n) is 4.73. The van der Waals surface area contributed by atoms with Crippen LogP contribution in [0, 0.1) is 12.3 Å². The number of nitrogens with one attached hydrogen (secondary N) is 2. The number of likely N-dealkylation sites (N-methyl/N-ethyl adjacent to an activating group) is 1. The summed E-state index contributed by atoms with van der Waals surface area (Å²) in [6, 6.07) is 13.6. The minimum atomic E-state index is -0.299. The third-order valence-electron chi connectivity index (χ3n) is 7.41. The Labute approximate surface area is 244 Å². The van der Waals surface area contributed by atoms with Gasteiger partial charge in [0, 0.05) is 62.1 Å². The normalized spacial score (nSPS) is 15.1. The molecule has 220 valence electrons. The molecule has 0 radical (unpaired) electrons. The van der Waals surface area contributed by atoms with Gasteiger partial charge in [-0.1, -0.05) is 58.8 Å². The molecular formula is C33H45N5O3. The van der Waals surface area contributed by atoms with Gasteiger partial charge in [0.2, 0.25) is 5.76 Å². The summed E-state index contributed by atoms with van der Waals surface area (Å²) in [5.41, 5.74) is 5.75. The molecule has 1 saturated heterocycles. The third-order valence-corrected chi connectivity index (χ3v) is 7.41. The van der Waals surface area contributed by atoms with Crippen molar-refractivity contribution in [2.24, 2.45) is 5.41 Å². The van der Waals surface area contributed by atoms with Gasteiger partial charge in [-0.05, 0) is 65.8 Å². The van der Waals surface area contributed by atoms with Crippen molar-refractivity contribution in [1.29, 1.82) is 0 Å². The summed E-state index contributed by atoms with van der Waals surface area (Å²) in [5.74, 6) is -0.301. The molecule has 8 nitrogen and oxygen atoms in total. The summed E-state index contributed by atoms with van der Waals surface area (Å²) in [6.45, 7) is 20.1. The molecule has 0 spiro atoms. The minimum absolute atomic E-state index is 0.0423. The fourth-order valence-corrected chi connectivity index (χ4v) is 4.73. The van der Waals surface area contributed by atoms with Crippen LogP contribution >= 0.6 is 0 Å². The molecule has 1 aliphatic rings. The molecule has 41 heavy (non-hydrogen) atoms. The predicted octanol–water partition coefficient (Wildman–Crippen LogP) is 5.72. The Morgan fingerprint density at radius 3 is 2.29 bits per heavy atom. The molecule has 4 rings (SSSR count). The number of carbonyl (C=O) groups excluding carboxylic acids is 2. The molecule has 1 aromatic heterocycles. The lowest BCUT2D eigenvalue weighted by atomic mass is 9.85. The lowest BCUT2D eigenvalue weighted by molar-refractivity contribution is 0.0902. The van der Waals surface area contributed by atoms with Gasteiger partial charge in [-0.2, -0.15) is 0 Å². The van der Waals surface area contributed by atoms with Gasteiger partial charge in [0.15, 0.2) is 0 Å². The van der Waals surface area contributed by atoms with E-state index in [1.807, 2.05) is 37.3 Å². The second-order valence-electron chi connectivity index (χ2n) is 13.6. The molecule has 2 aromatic carbocycles. The number of amides is 2. The molecule has 0 aliphatic carbocycles. The molecule has 3 aromatic rings. The summed E-state index contributed by atoms with van der Waals surface area (Å²) in [7, 11) is 2.16. The number of carbonyl (C=O) groups is 2. The molecule has 2 amide bonds. The molecule has 2 heterocycles. The Bertz CT molecular complexity index is 1390. The van der Waals surface area contributed by atoms with Crippen molar-refractivity contribution in [2.75, 3.05) is 45.1 Å². The maximum absolute atomic E-state index is 13.5. The average Bonchev–Trinajstić information content (AvgIpc) is 3.39. The molecule has 0 atom stereocenters. The second-order valence-corrected chi connectivity index (χ2v) is 13.6. The SMILES string of the molecule is Cc1ccc(NC(=O)c2cc(CN3CCN(C)CC3)cc(C(C)(C)C)c2)cc1-c1cc(C(=O)NCC(C)(C)C)on1. The average molecular weight is 560 g/mol. The number of benzene rings is 2. The highest BCUT2D eigenvalue weighted by atomic mass is 16.5. The molecule has 2 N–H and O–H groups in total. The van der Waals surface area contributed by atoms with E-state index >= 15 is 0 Å². The number of nitrogens with zero attached hydrogens (tertiary/aromatic N) is 3. The lowest BCUT2D eigenvalue weighted by Crippen LogP contribution is -2.43. The largest absolute Gasteiger partial charge is 0.350 e. The van der Waals surface area contributed by atoms with Crippen molar-refractivity contribution >= 4 is 17.5 Å². The van der Waals surface area contributed by atoms with Crippen LogP contribution in [0.1, 0.15) is 79.1 Å². The fraction of sp³-hybridized carbons (Fsp3) is 0.485. The van der Waals surface area contributed by atoms with Gasteiger partial charge >= 0.3 is 0 Å². The molecular weight excluding hydrogens is 514 g/mol. The van der Waals surface area contributed by atoms with Crippen LogP contribution in [0.3, 0.4) is 0 Å². The van der Waals surface area contributed by atoms with Crippen LogP contribution < -0.4 is 10.6 Å². The van der Waals surface area contributed by atoms with Crippen molar-refractivity contribution in [3.8, 4) is 11.3 Å². The summed E-state index contributed by atoms with van der Waals surface area (Å²) in [5, 5.41) is 10.1. The van der Waals surface area contributed by atoms with Crippen LogP contribution in [0.5, 0.6) is 0 Å². The van der Waals surface area contributed by atoms with Crippen LogP contribution in [-0.2, 0) is 12.0 Å². The van der Waals surface area contributed by atoms with E-state index in [0.29, 0.717) is 23.5 Å². The van der Waals surface area contributed by atoms with Crippen LogP contribution in [0.15, 0.2) is 47.0 Å². The number of rotatable bonds is 7. The second kappa shape index (κ2) is 12.2. The van der Waals surface area contributed by atoms with Crippen molar-refractivity contribution in [3.05, 3.63) is 70.5 Å². The van der Waals surface area contributed by atoms with Gasteiger partial charge in [-0.25, -0.2) is 0 Å². The van der Waals surface area contributed by atoms with Crippen molar-refractivity contribution in [1.82, 2.24) is 20.3 Å². The Kier molecular flexibility index (Phi) is 9.04. The van der Waals surface area contributed by atoms with E-state index in [9.17, 15) is 9.59 Å². The maximum Gasteiger partial charge on any atom is 0.289 e. The predicted molar refractivity (Wildman–Crippen MR) is 164 cm³/mol. The molecule has 1 aliphatic heterocycles. The first-order valence-corrected chi connectivity index (χ1v) is 14.4.